The van der Waals surface area contributed by atoms with Crippen LogP contribution in [0.4, 0.5) is 34.1 Å². The predicted molar refractivity (Wildman–Crippen MR) is 319 cm³/mol. The summed E-state index contributed by atoms with van der Waals surface area (Å²) in [5, 5.41) is 18.7. The Balaban J connectivity index is 1.03. The molecule has 0 spiro atoms. The average Bonchev–Trinajstić information content (AvgIpc) is 4.01. The molecule has 2 amide bonds. The smallest absolute Gasteiger partial charge is 0.323 e. The van der Waals surface area contributed by atoms with E-state index in [4.69, 9.17) is 24.4 Å². The van der Waals surface area contributed by atoms with Gasteiger partial charge in [-0.1, -0.05) is 181 Å². The number of nitrogens with zero attached hydrogens (tertiary/aromatic N) is 4. The zero-order chi connectivity index (χ0) is 53.8. The van der Waals surface area contributed by atoms with Crippen LogP contribution in [0.3, 0.4) is 0 Å². The molecule has 2 aliphatic heterocycles. The highest BCUT2D eigenvalue weighted by Gasteiger charge is 2.39. The molecular weight excluding hydrogens is 1040 g/mol. The van der Waals surface area contributed by atoms with Crippen LogP contribution in [0.1, 0.15) is 44.5 Å². The van der Waals surface area contributed by atoms with Crippen LogP contribution in [-0.4, -0.2) is 65.5 Å². The van der Waals surface area contributed by atoms with Crippen molar-refractivity contribution in [2.45, 2.75) is 19.3 Å². The third-order valence-corrected chi connectivity index (χ3v) is 16.0. The quantitative estimate of drug-likeness (QED) is 0.0544. The molecule has 8 aromatic rings. The second-order valence-electron chi connectivity index (χ2n) is 18.4. The van der Waals surface area contributed by atoms with E-state index in [1.807, 2.05) is 72.8 Å². The van der Waals surface area contributed by atoms with Gasteiger partial charge < -0.3 is 20.0 Å². The molecule has 0 saturated carbocycles. The van der Waals surface area contributed by atoms with Gasteiger partial charge >= 0.3 is 11.9 Å². The van der Waals surface area contributed by atoms with Crippen molar-refractivity contribution in [3.63, 3.8) is 0 Å². The largest absolute Gasteiger partial charge is 0.480 e. The number of benzene rings is 8. The summed E-state index contributed by atoms with van der Waals surface area (Å²) in [6.07, 6.45) is 3.48. The van der Waals surface area contributed by atoms with E-state index in [0.29, 0.717) is 9.81 Å². The van der Waals surface area contributed by atoms with Crippen molar-refractivity contribution in [2.75, 3.05) is 22.9 Å². The van der Waals surface area contributed by atoms with Crippen molar-refractivity contribution in [1.29, 1.82) is 0 Å². The number of anilines is 6. The number of hydrogen-bond donors (Lipinski definition) is 2. The Morgan fingerprint density at radius 3 is 1.10 bits per heavy atom. The minimum Gasteiger partial charge on any atom is -0.480 e. The molecule has 380 valence electrons. The van der Waals surface area contributed by atoms with Gasteiger partial charge in [-0.25, -0.2) is 0 Å². The van der Waals surface area contributed by atoms with Crippen molar-refractivity contribution in [2.24, 2.45) is 0 Å². The Labute approximate surface area is 465 Å². The highest BCUT2D eigenvalue weighted by atomic mass is 32.2. The number of aliphatic carboxylic acids is 2. The van der Waals surface area contributed by atoms with Gasteiger partial charge in [0, 0.05) is 34.1 Å². The molecule has 0 radical (unpaired) electrons. The van der Waals surface area contributed by atoms with E-state index >= 15 is 0 Å². The first kappa shape index (κ1) is 52.1. The molecule has 0 unspecified atom stereocenters. The minimum absolute atomic E-state index is 0.218. The van der Waals surface area contributed by atoms with E-state index in [2.05, 4.69) is 157 Å². The predicted octanol–water partition coefficient (Wildman–Crippen LogP) is 14.2. The Morgan fingerprint density at radius 2 is 0.779 bits per heavy atom. The van der Waals surface area contributed by atoms with Crippen molar-refractivity contribution in [3.8, 4) is 0 Å². The highest BCUT2D eigenvalue weighted by Crippen LogP contribution is 2.48. The van der Waals surface area contributed by atoms with Crippen LogP contribution in [0.5, 0.6) is 0 Å². The fraction of sp³-hybridized carbons (Fsp3) is 0.0794. The summed E-state index contributed by atoms with van der Waals surface area (Å²) in [6.45, 7) is 3.17. The number of amides is 2. The van der Waals surface area contributed by atoms with Crippen molar-refractivity contribution < 1.29 is 29.4 Å². The first-order valence-electron chi connectivity index (χ1n) is 24.5. The molecule has 2 N–H and O–H groups in total. The molecular formula is C63H48N4O6S4. The molecule has 0 aromatic heterocycles. The Hall–Kier alpha value is -8.40. The average molecular weight is 1090 g/mol. The number of carboxylic acids is 2. The zero-order valence-corrected chi connectivity index (χ0v) is 44.9. The van der Waals surface area contributed by atoms with Crippen molar-refractivity contribution >= 4 is 127 Å². The lowest BCUT2D eigenvalue weighted by atomic mass is 9.65. The lowest BCUT2D eigenvalue weighted by Gasteiger charge is -2.37. The van der Waals surface area contributed by atoms with Crippen molar-refractivity contribution in [1.82, 2.24) is 9.80 Å². The first-order valence-corrected chi connectivity index (χ1v) is 26.9. The van der Waals surface area contributed by atoms with Gasteiger partial charge in [-0.3, -0.25) is 29.0 Å². The standard InChI is InChI=1S/C63H48N4O6S4/c1-41-11-9-17-53(35-41)66(49-27-19-43(20-28-49)37-55-59(72)64(39-57(68)69)61(74)76-55)51-31-23-47(24-32-51)63(45-13-5-3-6-14-45,46-15-7-4-8-16-46)48-25-33-52(34-26-48)67(54-18-10-12-42(2)36-54)50-29-21-44(22-30-50)38-56-60(73)65(40-58(70)71)62(75)77-56/h3-38H,39-40H2,1-2H3,(H,68,69)(H,70,71)/b55-37+,56-38+. The van der Waals surface area contributed by atoms with Gasteiger partial charge in [0.15, 0.2) is 0 Å². The Morgan fingerprint density at radius 1 is 0.455 bits per heavy atom. The summed E-state index contributed by atoms with van der Waals surface area (Å²) in [6, 6.07) is 71.1. The molecule has 0 aliphatic carbocycles. The molecule has 2 aliphatic rings. The molecule has 0 atom stereocenters. The molecule has 2 fully saturated rings. The van der Waals surface area contributed by atoms with Crippen LogP contribution < -0.4 is 9.80 Å². The minimum atomic E-state index is -1.13. The SMILES string of the molecule is Cc1cccc(N(c2ccc(/C=C3/SC(=S)N(CC(=O)O)C3=O)cc2)c2ccc(C(c3ccccc3)(c3ccccc3)c3ccc(N(c4ccc(/C=C5/SC(=S)N(CC(=O)O)C5=O)cc4)c4cccc(C)c4)cc3)cc2)c1. The van der Waals surface area contributed by atoms with Gasteiger partial charge in [-0.15, -0.1) is 0 Å². The number of aryl methyl sites for hydroxylation is 2. The second-order valence-corrected chi connectivity index (χ2v) is 21.8. The van der Waals surface area contributed by atoms with Crippen LogP contribution in [0.15, 0.2) is 216 Å². The van der Waals surface area contributed by atoms with Crippen LogP contribution in [0.25, 0.3) is 12.2 Å². The van der Waals surface area contributed by atoms with Gasteiger partial charge in [0.2, 0.25) is 0 Å². The van der Waals surface area contributed by atoms with Crippen LogP contribution in [0, 0.1) is 13.8 Å². The summed E-state index contributed by atoms with van der Waals surface area (Å²) in [5.41, 5.74) is 12.8. The van der Waals surface area contributed by atoms with Crippen LogP contribution in [0.2, 0.25) is 0 Å². The molecule has 10 nitrogen and oxygen atoms in total. The van der Waals surface area contributed by atoms with Crippen LogP contribution >= 0.6 is 48.0 Å². The molecule has 8 aromatic carbocycles. The van der Waals surface area contributed by atoms with E-state index in [1.54, 1.807) is 12.2 Å². The molecule has 2 saturated heterocycles. The first-order chi connectivity index (χ1) is 37.3. The van der Waals surface area contributed by atoms with Gasteiger partial charge in [0.25, 0.3) is 11.8 Å². The molecule has 2 heterocycles. The lowest BCUT2D eigenvalue weighted by molar-refractivity contribution is -0.140. The van der Waals surface area contributed by atoms with E-state index in [0.717, 1.165) is 112 Å². The molecule has 77 heavy (non-hydrogen) atoms. The maximum atomic E-state index is 13.1. The van der Waals surface area contributed by atoms with E-state index in [9.17, 15) is 29.4 Å². The summed E-state index contributed by atoms with van der Waals surface area (Å²) < 4.78 is 0.435. The second kappa shape index (κ2) is 22.4. The monoisotopic (exact) mass is 1080 g/mol. The van der Waals surface area contributed by atoms with Crippen LogP contribution in [-0.2, 0) is 24.6 Å². The fourth-order valence-corrected chi connectivity index (χ4v) is 12.3. The molecule has 0 bridgehead atoms. The number of carboxylic acid groups (broad SMARTS) is 2. The van der Waals surface area contributed by atoms with Crippen molar-refractivity contribution in [3.05, 3.63) is 261 Å². The van der Waals surface area contributed by atoms with E-state index < -0.39 is 42.3 Å². The third kappa shape index (κ3) is 10.9. The zero-order valence-electron chi connectivity index (χ0n) is 41.6. The van der Waals surface area contributed by atoms with Gasteiger partial charge in [0.05, 0.1) is 15.2 Å². The number of rotatable bonds is 16. The molecule has 10 rings (SSSR count). The Bertz CT molecular complexity index is 3400. The summed E-state index contributed by atoms with van der Waals surface area (Å²) in [5.74, 6) is -3.10. The van der Waals surface area contributed by atoms with Gasteiger partial charge in [-0.2, -0.15) is 0 Å². The number of hydrogen-bond acceptors (Lipinski definition) is 10. The number of thiocarbonyl (C=S) groups is 2. The van der Waals surface area contributed by atoms with E-state index in [1.165, 1.54) is 0 Å². The fourth-order valence-electron chi connectivity index (χ4n) is 9.81. The maximum Gasteiger partial charge on any atom is 0.323 e. The maximum absolute atomic E-state index is 13.1. The molecule has 14 heteroatoms. The van der Waals surface area contributed by atoms with Gasteiger partial charge in [-0.05, 0) is 143 Å². The van der Waals surface area contributed by atoms with E-state index in [-0.39, 0.29) is 8.64 Å². The van der Waals surface area contributed by atoms with Gasteiger partial charge in [0.1, 0.15) is 21.7 Å². The summed E-state index contributed by atoms with van der Waals surface area (Å²) in [4.78, 5) is 56.4. The topological polar surface area (TPSA) is 122 Å². The normalized spacial score (nSPS) is 14.7. The lowest BCUT2D eigenvalue weighted by Crippen LogP contribution is -2.33. The number of carbonyl (C=O) groups is 4. The Kier molecular flexibility index (Phi) is 15.2. The number of carbonyl (C=O) groups excluding carboxylic acids is 2. The highest BCUT2D eigenvalue weighted by molar-refractivity contribution is 8.27. The summed E-state index contributed by atoms with van der Waals surface area (Å²) >= 11 is 12.9. The third-order valence-electron chi connectivity index (χ3n) is 13.3. The number of thioether (sulfide) groups is 2. The summed E-state index contributed by atoms with van der Waals surface area (Å²) in [7, 11) is 0.